The summed E-state index contributed by atoms with van der Waals surface area (Å²) < 4.78 is 0. The lowest BCUT2D eigenvalue weighted by atomic mass is 10.2. The Balaban J connectivity index is -0.000000309. The number of hydroxylamine groups is 2. The van der Waals surface area contributed by atoms with E-state index in [0.29, 0.717) is 12.0 Å². The maximum atomic E-state index is 10.8. The molecule has 0 rings (SSSR count). The summed E-state index contributed by atoms with van der Waals surface area (Å²) in [5, 5.41) is 1.35. The SMILES string of the molecule is C=C(CC)C(=O)ON(C)C.CCl.N. The lowest BCUT2D eigenvalue weighted by molar-refractivity contribution is -0.173. The zero-order chi connectivity index (χ0) is 10.1. The number of hydrogen-bond donors (Lipinski definition) is 1. The van der Waals surface area contributed by atoms with E-state index in [1.807, 2.05) is 6.92 Å². The van der Waals surface area contributed by atoms with Gasteiger partial charge in [-0.15, -0.1) is 16.7 Å². The number of halogens is 1. The number of carbonyl (C=O) groups excluding carboxylic acids is 1. The topological polar surface area (TPSA) is 64.5 Å². The van der Waals surface area contributed by atoms with Crippen molar-refractivity contribution in [3.05, 3.63) is 12.2 Å². The highest BCUT2D eigenvalue weighted by Crippen LogP contribution is 1.99. The zero-order valence-electron chi connectivity index (χ0n) is 8.76. The number of rotatable bonds is 3. The molecule has 0 aliphatic heterocycles. The molecule has 0 radical (unpaired) electrons. The highest BCUT2D eigenvalue weighted by molar-refractivity contribution is 6.15. The number of carbonyl (C=O) groups is 1. The van der Waals surface area contributed by atoms with Gasteiger partial charge in [0.15, 0.2) is 0 Å². The average Bonchev–Trinajstić information content (AvgIpc) is 2.05. The van der Waals surface area contributed by atoms with Gasteiger partial charge in [0.05, 0.1) is 0 Å². The van der Waals surface area contributed by atoms with Gasteiger partial charge >= 0.3 is 5.97 Å². The number of nitrogens with zero attached hydrogens (tertiary/aromatic N) is 1. The van der Waals surface area contributed by atoms with Gasteiger partial charge < -0.3 is 11.0 Å². The Kier molecular flexibility index (Phi) is 16.0. The molecule has 0 aliphatic carbocycles. The van der Waals surface area contributed by atoms with E-state index in [-0.39, 0.29) is 12.1 Å². The minimum Gasteiger partial charge on any atom is -0.365 e. The molecule has 0 saturated heterocycles. The third kappa shape index (κ3) is 11.4. The minimum absolute atomic E-state index is 0. The molecule has 3 N–H and O–H groups in total. The van der Waals surface area contributed by atoms with Crippen LogP contribution < -0.4 is 6.15 Å². The summed E-state index contributed by atoms with van der Waals surface area (Å²) in [6.45, 7) is 5.39. The molecular formula is C8H19ClN2O2. The van der Waals surface area contributed by atoms with Crippen LogP contribution in [0.1, 0.15) is 13.3 Å². The van der Waals surface area contributed by atoms with Crippen LogP contribution in [0.5, 0.6) is 0 Å². The third-order valence-electron chi connectivity index (χ3n) is 0.981. The van der Waals surface area contributed by atoms with E-state index < -0.39 is 0 Å². The predicted molar refractivity (Wildman–Crippen MR) is 56.0 cm³/mol. The second-order valence-electron chi connectivity index (χ2n) is 2.15. The summed E-state index contributed by atoms with van der Waals surface area (Å²) >= 11 is 4.64. The second-order valence-corrected chi connectivity index (χ2v) is 2.15. The van der Waals surface area contributed by atoms with Crippen molar-refractivity contribution in [3.8, 4) is 0 Å². The normalized spacial score (nSPS) is 7.85. The van der Waals surface area contributed by atoms with Gasteiger partial charge in [0.1, 0.15) is 0 Å². The first kappa shape index (κ1) is 18.3. The minimum atomic E-state index is -0.354. The zero-order valence-corrected chi connectivity index (χ0v) is 9.52. The fourth-order valence-corrected chi connectivity index (χ4v) is 0.375. The molecule has 0 spiro atoms. The molecule has 0 saturated carbocycles. The quantitative estimate of drug-likeness (QED) is 0.440. The lowest BCUT2D eigenvalue weighted by Gasteiger charge is -2.09. The average molecular weight is 211 g/mol. The van der Waals surface area contributed by atoms with E-state index in [4.69, 9.17) is 4.84 Å². The smallest absolute Gasteiger partial charge is 0.352 e. The molecule has 80 valence electrons. The molecule has 0 aliphatic rings. The van der Waals surface area contributed by atoms with Crippen LogP contribution in [0.25, 0.3) is 0 Å². The Morgan fingerprint density at radius 3 is 2.08 bits per heavy atom. The van der Waals surface area contributed by atoms with Crippen LogP contribution in [-0.2, 0) is 9.63 Å². The van der Waals surface area contributed by atoms with Crippen molar-refractivity contribution in [2.45, 2.75) is 13.3 Å². The van der Waals surface area contributed by atoms with Gasteiger partial charge in [-0.3, -0.25) is 0 Å². The monoisotopic (exact) mass is 210 g/mol. The molecule has 0 heterocycles. The van der Waals surface area contributed by atoms with Crippen molar-refractivity contribution in [3.63, 3.8) is 0 Å². The highest BCUT2D eigenvalue weighted by Gasteiger charge is 2.06. The molecule has 13 heavy (non-hydrogen) atoms. The van der Waals surface area contributed by atoms with Crippen LogP contribution in [-0.4, -0.2) is 31.5 Å². The van der Waals surface area contributed by atoms with E-state index in [9.17, 15) is 4.79 Å². The second kappa shape index (κ2) is 11.4. The third-order valence-corrected chi connectivity index (χ3v) is 0.981. The number of alkyl halides is 1. The largest absolute Gasteiger partial charge is 0.365 e. The van der Waals surface area contributed by atoms with Gasteiger partial charge in [0.25, 0.3) is 0 Å². The van der Waals surface area contributed by atoms with Gasteiger partial charge in [-0.05, 0) is 6.42 Å². The van der Waals surface area contributed by atoms with Crippen LogP contribution in [0.4, 0.5) is 0 Å². The van der Waals surface area contributed by atoms with Crippen LogP contribution in [0.15, 0.2) is 12.2 Å². The van der Waals surface area contributed by atoms with E-state index in [1.165, 1.54) is 11.4 Å². The first-order valence-electron chi connectivity index (χ1n) is 3.53. The fraction of sp³-hybridized carbons (Fsp3) is 0.625. The molecule has 0 unspecified atom stereocenters. The van der Waals surface area contributed by atoms with Crippen LogP contribution in [0, 0.1) is 0 Å². The van der Waals surface area contributed by atoms with Crippen LogP contribution in [0.3, 0.4) is 0 Å². The Morgan fingerprint density at radius 1 is 1.46 bits per heavy atom. The number of hydrogen-bond acceptors (Lipinski definition) is 4. The van der Waals surface area contributed by atoms with Crippen LogP contribution in [0.2, 0.25) is 0 Å². The highest BCUT2D eigenvalue weighted by atomic mass is 35.5. The van der Waals surface area contributed by atoms with E-state index in [0.717, 1.165) is 0 Å². The molecule has 0 fully saturated rings. The summed E-state index contributed by atoms with van der Waals surface area (Å²) in [7, 11) is 3.31. The maximum Gasteiger partial charge on any atom is 0.352 e. The molecule has 4 nitrogen and oxygen atoms in total. The Morgan fingerprint density at radius 2 is 1.85 bits per heavy atom. The Hall–Kier alpha value is -0.580. The fourth-order valence-electron chi connectivity index (χ4n) is 0.375. The molecular weight excluding hydrogens is 192 g/mol. The molecule has 5 heteroatoms. The van der Waals surface area contributed by atoms with E-state index in [1.54, 1.807) is 14.1 Å². The Labute approximate surface area is 85.0 Å². The summed E-state index contributed by atoms with van der Waals surface area (Å²) in [5.41, 5.74) is 0.494. The Bertz CT molecular complexity index is 149. The van der Waals surface area contributed by atoms with Crippen molar-refractivity contribution in [1.82, 2.24) is 11.2 Å². The van der Waals surface area contributed by atoms with Gasteiger partial charge in [0.2, 0.25) is 0 Å². The predicted octanol–water partition coefficient (Wildman–Crippen LogP) is 1.99. The molecule has 0 atom stereocenters. The molecule has 0 aromatic rings. The van der Waals surface area contributed by atoms with E-state index >= 15 is 0 Å². The lowest BCUT2D eigenvalue weighted by Crippen LogP contribution is -2.19. The summed E-state index contributed by atoms with van der Waals surface area (Å²) in [6.07, 6.45) is 2.10. The summed E-state index contributed by atoms with van der Waals surface area (Å²) in [4.78, 5) is 15.5. The van der Waals surface area contributed by atoms with Crippen molar-refractivity contribution < 1.29 is 9.63 Å². The van der Waals surface area contributed by atoms with E-state index in [2.05, 4.69) is 18.2 Å². The van der Waals surface area contributed by atoms with Gasteiger partial charge in [-0.2, -0.15) is 0 Å². The molecule has 0 amide bonds. The first-order chi connectivity index (χ1) is 5.57. The molecule has 0 aromatic carbocycles. The van der Waals surface area contributed by atoms with Gasteiger partial charge in [-0.1, -0.05) is 13.5 Å². The summed E-state index contributed by atoms with van der Waals surface area (Å²) in [5.74, 6) is -0.354. The van der Waals surface area contributed by atoms with Crippen molar-refractivity contribution in [2.75, 3.05) is 20.5 Å². The molecule has 0 bridgehead atoms. The standard InChI is InChI=1S/C7H13NO2.CH3Cl.H3N/c1-5-6(2)7(9)10-8(3)4;1-2;/h2,5H2,1,3-4H3;1H3;1H3. The van der Waals surface area contributed by atoms with Crippen molar-refractivity contribution >= 4 is 17.6 Å². The maximum absolute atomic E-state index is 10.8. The first-order valence-corrected chi connectivity index (χ1v) is 4.28. The van der Waals surface area contributed by atoms with Crippen molar-refractivity contribution in [2.24, 2.45) is 0 Å². The molecule has 0 aromatic heterocycles. The van der Waals surface area contributed by atoms with Crippen LogP contribution >= 0.6 is 11.6 Å². The summed E-state index contributed by atoms with van der Waals surface area (Å²) in [6, 6.07) is 0. The van der Waals surface area contributed by atoms with Gasteiger partial charge in [0, 0.05) is 26.1 Å². The van der Waals surface area contributed by atoms with Gasteiger partial charge in [-0.25, -0.2) is 4.79 Å². The van der Waals surface area contributed by atoms with Crippen molar-refractivity contribution in [1.29, 1.82) is 0 Å².